The lowest BCUT2D eigenvalue weighted by molar-refractivity contribution is 0.109. The van der Waals surface area contributed by atoms with E-state index in [0.29, 0.717) is 11.3 Å². The molecule has 0 spiro atoms. The van der Waals surface area contributed by atoms with Crippen LogP contribution in [-0.2, 0) is 0 Å². The molecule has 0 amide bonds. The van der Waals surface area contributed by atoms with E-state index in [1.807, 2.05) is 37.3 Å². The third-order valence-electron chi connectivity index (χ3n) is 2.80. The van der Waals surface area contributed by atoms with Crippen LogP contribution in [0.4, 0.5) is 0 Å². The first-order valence-electron chi connectivity index (χ1n) is 5.62. The van der Waals surface area contributed by atoms with Crippen molar-refractivity contribution in [1.29, 1.82) is 0 Å². The molecule has 2 nitrogen and oxygen atoms in total. The van der Waals surface area contributed by atoms with Crippen LogP contribution >= 0.6 is 15.9 Å². The normalized spacial score (nSPS) is 10.2. The van der Waals surface area contributed by atoms with Gasteiger partial charge in [0.25, 0.3) is 0 Å². The number of rotatable bonds is 3. The number of aryl methyl sites for hydroxylation is 2. The number of carbonyl (C=O) groups excluding carboxylic acids is 1. The highest BCUT2D eigenvalue weighted by atomic mass is 79.9. The van der Waals surface area contributed by atoms with Crippen molar-refractivity contribution in [1.82, 2.24) is 0 Å². The van der Waals surface area contributed by atoms with Crippen LogP contribution in [0.3, 0.4) is 0 Å². The number of benzene rings is 2. The van der Waals surface area contributed by atoms with Gasteiger partial charge in [-0.25, -0.2) is 0 Å². The van der Waals surface area contributed by atoms with Gasteiger partial charge in [0.15, 0.2) is 0 Å². The summed E-state index contributed by atoms with van der Waals surface area (Å²) < 4.78 is 5.58. The Morgan fingerprint density at radius 2 is 1.78 bits per heavy atom. The zero-order valence-electron chi connectivity index (χ0n) is 10.2. The van der Waals surface area contributed by atoms with E-state index in [2.05, 4.69) is 22.9 Å². The second-order valence-corrected chi connectivity index (χ2v) is 4.84. The largest absolute Gasteiger partial charge is 0.457 e. The Kier molecular flexibility index (Phi) is 3.82. The Balaban J connectivity index is 2.34. The van der Waals surface area contributed by atoms with E-state index in [0.717, 1.165) is 11.3 Å². The summed E-state index contributed by atoms with van der Waals surface area (Å²) in [6, 6.07) is 13.0. The maximum atomic E-state index is 11.4. The maximum Gasteiger partial charge on any atom is 0.231 e. The number of carbonyl (C=O) groups is 1. The van der Waals surface area contributed by atoms with Crippen molar-refractivity contribution in [2.45, 2.75) is 13.8 Å². The topological polar surface area (TPSA) is 26.3 Å². The molecule has 2 aromatic carbocycles. The summed E-state index contributed by atoms with van der Waals surface area (Å²) in [5.41, 5.74) is 2.90. The summed E-state index contributed by atoms with van der Waals surface area (Å²) in [6.07, 6.45) is 0. The van der Waals surface area contributed by atoms with E-state index in [1.165, 1.54) is 5.56 Å². The highest BCUT2D eigenvalue weighted by Crippen LogP contribution is 2.27. The third kappa shape index (κ3) is 2.79. The zero-order valence-corrected chi connectivity index (χ0v) is 11.8. The number of hydrogen-bond acceptors (Lipinski definition) is 2. The molecule has 0 aliphatic heterocycles. The van der Waals surface area contributed by atoms with Crippen molar-refractivity contribution >= 4 is 20.6 Å². The summed E-state index contributed by atoms with van der Waals surface area (Å²) >= 11 is 2.95. The predicted octanol–water partition coefficient (Wildman–Crippen LogP) is 4.63. The molecule has 0 heterocycles. The van der Waals surface area contributed by atoms with E-state index in [-0.39, 0.29) is 4.69 Å². The van der Waals surface area contributed by atoms with Crippen molar-refractivity contribution in [3.63, 3.8) is 0 Å². The Hall–Kier alpha value is -1.61. The van der Waals surface area contributed by atoms with Crippen LogP contribution in [0.15, 0.2) is 42.5 Å². The quantitative estimate of drug-likeness (QED) is 0.773. The van der Waals surface area contributed by atoms with Crippen LogP contribution < -0.4 is 4.74 Å². The molecule has 0 aliphatic rings. The van der Waals surface area contributed by atoms with Crippen LogP contribution in [0.1, 0.15) is 21.5 Å². The molecule has 0 aliphatic carbocycles. The van der Waals surface area contributed by atoms with Gasteiger partial charge in [0.1, 0.15) is 11.5 Å². The highest BCUT2D eigenvalue weighted by Gasteiger charge is 2.09. The van der Waals surface area contributed by atoms with E-state index in [9.17, 15) is 4.79 Å². The molecule has 0 radical (unpaired) electrons. The van der Waals surface area contributed by atoms with Crippen molar-refractivity contribution in [3.8, 4) is 11.5 Å². The number of para-hydroxylation sites is 1. The minimum absolute atomic E-state index is 0.179. The summed E-state index contributed by atoms with van der Waals surface area (Å²) in [6.45, 7) is 4.08. The molecular formula is C15H13BrO2. The highest BCUT2D eigenvalue weighted by molar-refractivity contribution is 9.18. The van der Waals surface area contributed by atoms with Crippen molar-refractivity contribution in [2.75, 3.05) is 0 Å². The SMILES string of the molecule is Cc1ccc(Oc2ccccc2C(=O)Br)cc1C. The average molecular weight is 305 g/mol. The lowest BCUT2D eigenvalue weighted by Crippen LogP contribution is -1.94. The van der Waals surface area contributed by atoms with E-state index in [1.54, 1.807) is 12.1 Å². The second-order valence-electron chi connectivity index (χ2n) is 4.12. The number of halogens is 1. The molecule has 2 rings (SSSR count). The predicted molar refractivity (Wildman–Crippen MR) is 75.7 cm³/mol. The summed E-state index contributed by atoms with van der Waals surface area (Å²) in [4.78, 5) is 11.4. The van der Waals surface area contributed by atoms with Crippen molar-refractivity contribution in [3.05, 3.63) is 59.2 Å². The number of hydrogen-bond donors (Lipinski definition) is 0. The van der Waals surface area contributed by atoms with Gasteiger partial charge in [-0.3, -0.25) is 4.79 Å². The molecule has 3 heteroatoms. The molecule has 0 unspecified atom stereocenters. The minimum atomic E-state index is -0.179. The van der Waals surface area contributed by atoms with Crippen LogP contribution in [0.25, 0.3) is 0 Å². The van der Waals surface area contributed by atoms with Gasteiger partial charge in [-0.2, -0.15) is 0 Å². The Labute approximate surface area is 115 Å². The Bertz CT molecular complexity index is 591. The van der Waals surface area contributed by atoms with Gasteiger partial charge in [-0.05, 0) is 65.2 Å². The first-order valence-corrected chi connectivity index (χ1v) is 6.41. The monoisotopic (exact) mass is 304 g/mol. The smallest absolute Gasteiger partial charge is 0.231 e. The van der Waals surface area contributed by atoms with Gasteiger partial charge < -0.3 is 4.74 Å². The van der Waals surface area contributed by atoms with Crippen LogP contribution in [0.2, 0.25) is 0 Å². The summed E-state index contributed by atoms with van der Waals surface area (Å²) in [5.74, 6) is 1.29. The van der Waals surface area contributed by atoms with Crippen LogP contribution in [-0.4, -0.2) is 4.69 Å². The van der Waals surface area contributed by atoms with Gasteiger partial charge in [0, 0.05) is 0 Å². The third-order valence-corrected chi connectivity index (χ3v) is 3.23. The lowest BCUT2D eigenvalue weighted by atomic mass is 10.1. The first kappa shape index (κ1) is 12.8. The van der Waals surface area contributed by atoms with Crippen LogP contribution in [0.5, 0.6) is 11.5 Å². The van der Waals surface area contributed by atoms with Gasteiger partial charge >= 0.3 is 0 Å². The first-order chi connectivity index (χ1) is 8.58. The molecule has 0 saturated heterocycles. The van der Waals surface area contributed by atoms with Gasteiger partial charge in [0.2, 0.25) is 4.69 Å². The fourth-order valence-corrected chi connectivity index (χ4v) is 1.95. The molecular weight excluding hydrogens is 292 g/mol. The molecule has 0 atom stereocenters. The second kappa shape index (κ2) is 5.36. The average Bonchev–Trinajstić information content (AvgIpc) is 2.34. The van der Waals surface area contributed by atoms with Gasteiger partial charge in [-0.15, -0.1) is 0 Å². The lowest BCUT2D eigenvalue weighted by Gasteiger charge is -2.10. The molecule has 0 aromatic heterocycles. The summed E-state index contributed by atoms with van der Waals surface area (Å²) in [5, 5.41) is 0. The summed E-state index contributed by atoms with van der Waals surface area (Å²) in [7, 11) is 0. The molecule has 0 saturated carbocycles. The fourth-order valence-electron chi connectivity index (χ4n) is 1.62. The number of ether oxygens (including phenoxy) is 1. The standard InChI is InChI=1S/C15H13BrO2/c1-10-7-8-12(9-11(10)2)18-14-6-4-3-5-13(14)15(16)17/h3-9H,1-2H3. The Morgan fingerprint density at radius 1 is 1.06 bits per heavy atom. The maximum absolute atomic E-state index is 11.4. The molecule has 0 N–H and O–H groups in total. The minimum Gasteiger partial charge on any atom is -0.457 e. The fraction of sp³-hybridized carbons (Fsp3) is 0.133. The molecule has 92 valence electrons. The molecule has 18 heavy (non-hydrogen) atoms. The van der Waals surface area contributed by atoms with Gasteiger partial charge in [0.05, 0.1) is 5.56 Å². The molecule has 0 fully saturated rings. The van der Waals surface area contributed by atoms with E-state index >= 15 is 0 Å². The zero-order chi connectivity index (χ0) is 13.1. The molecule has 0 bridgehead atoms. The van der Waals surface area contributed by atoms with E-state index < -0.39 is 0 Å². The van der Waals surface area contributed by atoms with Crippen LogP contribution in [0, 0.1) is 13.8 Å². The van der Waals surface area contributed by atoms with Crippen molar-refractivity contribution < 1.29 is 9.53 Å². The Morgan fingerprint density at radius 3 is 2.44 bits per heavy atom. The van der Waals surface area contributed by atoms with Crippen molar-refractivity contribution in [2.24, 2.45) is 0 Å². The van der Waals surface area contributed by atoms with E-state index in [4.69, 9.17) is 4.74 Å². The van der Waals surface area contributed by atoms with Gasteiger partial charge in [-0.1, -0.05) is 18.2 Å². The molecule has 2 aromatic rings.